The Hall–Kier alpha value is -3.66. The number of carbonyl (C=O) groups excluding carboxylic acids is 2. The summed E-state index contributed by atoms with van der Waals surface area (Å²) >= 11 is 0. The smallest absolute Gasteiger partial charge is 0.318 e. The highest BCUT2D eigenvalue weighted by Gasteiger charge is 2.35. The van der Waals surface area contributed by atoms with Gasteiger partial charge in [-0.2, -0.15) is 5.10 Å². The summed E-state index contributed by atoms with van der Waals surface area (Å²) in [4.78, 5) is 27.9. The molecule has 200 valence electrons. The highest BCUT2D eigenvalue weighted by Crippen LogP contribution is 2.36. The third-order valence-corrected chi connectivity index (χ3v) is 5.80. The van der Waals surface area contributed by atoms with Gasteiger partial charge in [0, 0.05) is 37.2 Å². The van der Waals surface area contributed by atoms with Crippen LogP contribution in [0, 0.1) is 5.82 Å². The van der Waals surface area contributed by atoms with Gasteiger partial charge in [-0.25, -0.2) is 14.2 Å². The number of nitrogens with one attached hydrogen (secondary N) is 1. The van der Waals surface area contributed by atoms with E-state index in [0.717, 1.165) is 5.56 Å². The number of urea groups is 1. The molecule has 10 heteroatoms. The third kappa shape index (κ3) is 7.19. The minimum Gasteiger partial charge on any atom is -0.497 e. The van der Waals surface area contributed by atoms with E-state index in [1.54, 1.807) is 38.5 Å². The Bertz CT molecular complexity index is 1130. The summed E-state index contributed by atoms with van der Waals surface area (Å²) in [6.45, 7) is 5.88. The zero-order chi connectivity index (χ0) is 27.2. The van der Waals surface area contributed by atoms with Gasteiger partial charge < -0.3 is 24.4 Å². The molecule has 3 rings (SSSR count). The number of hydrogen-bond donors (Lipinski definition) is 1. The van der Waals surface area contributed by atoms with E-state index in [0.29, 0.717) is 29.2 Å². The Labute approximate surface area is 217 Å². The SMILES string of the molecule is COCCN(CC(=O)N1N=C(c2ccc(OC)cc2OC)CC1c1ccc(F)cc1)C(=O)NC(C)(C)C. The number of hydrazone groups is 1. The highest BCUT2D eigenvalue weighted by molar-refractivity contribution is 6.05. The molecule has 0 fully saturated rings. The Morgan fingerprint density at radius 2 is 1.81 bits per heavy atom. The zero-order valence-electron chi connectivity index (χ0n) is 22.2. The van der Waals surface area contributed by atoms with E-state index in [9.17, 15) is 14.0 Å². The minimum absolute atomic E-state index is 0.209. The number of ether oxygens (including phenoxy) is 3. The molecule has 1 aliphatic heterocycles. The molecule has 3 amide bonds. The molecule has 2 aromatic carbocycles. The molecule has 1 N–H and O–H groups in total. The molecule has 0 saturated heterocycles. The van der Waals surface area contributed by atoms with Crippen LogP contribution in [0.5, 0.6) is 11.5 Å². The van der Waals surface area contributed by atoms with Crippen molar-refractivity contribution in [2.45, 2.75) is 38.8 Å². The fraction of sp³-hybridized carbons (Fsp3) is 0.444. The standard InChI is InChI=1S/C27H35FN4O5/c1-27(2,3)29-26(34)31(13-14-35-4)17-25(33)32-23(18-7-9-19(28)10-8-18)16-22(30-32)21-12-11-20(36-5)15-24(21)37-6/h7-12,15,23H,13-14,16-17H2,1-6H3,(H,29,34). The molecule has 0 radical (unpaired) electrons. The number of hydrogen-bond acceptors (Lipinski definition) is 6. The second-order valence-electron chi connectivity index (χ2n) is 9.72. The van der Waals surface area contributed by atoms with E-state index in [2.05, 4.69) is 10.4 Å². The average molecular weight is 515 g/mol. The van der Waals surface area contributed by atoms with Gasteiger partial charge in [-0.1, -0.05) is 12.1 Å². The summed E-state index contributed by atoms with van der Waals surface area (Å²) in [6.07, 6.45) is 0.381. The van der Waals surface area contributed by atoms with Crippen molar-refractivity contribution in [1.29, 1.82) is 0 Å². The second kappa shape index (κ2) is 12.1. The van der Waals surface area contributed by atoms with Crippen LogP contribution in [0.25, 0.3) is 0 Å². The number of carbonyl (C=O) groups is 2. The van der Waals surface area contributed by atoms with Crippen molar-refractivity contribution >= 4 is 17.6 Å². The summed E-state index contributed by atoms with van der Waals surface area (Å²) in [5.41, 5.74) is 1.59. The maximum Gasteiger partial charge on any atom is 0.318 e. The van der Waals surface area contributed by atoms with Crippen LogP contribution in [0.4, 0.5) is 9.18 Å². The van der Waals surface area contributed by atoms with E-state index in [1.165, 1.54) is 29.2 Å². The van der Waals surface area contributed by atoms with Crippen molar-refractivity contribution in [3.63, 3.8) is 0 Å². The van der Waals surface area contributed by atoms with E-state index in [-0.39, 0.29) is 37.5 Å². The Morgan fingerprint density at radius 1 is 1.11 bits per heavy atom. The van der Waals surface area contributed by atoms with Crippen LogP contribution in [0.2, 0.25) is 0 Å². The predicted octanol–water partition coefficient (Wildman–Crippen LogP) is 3.98. The normalized spacial score (nSPS) is 15.3. The molecule has 0 saturated carbocycles. The third-order valence-electron chi connectivity index (χ3n) is 5.80. The van der Waals surface area contributed by atoms with Gasteiger partial charge in [-0.05, 0) is 50.6 Å². The van der Waals surface area contributed by atoms with Crippen molar-refractivity contribution in [2.24, 2.45) is 5.10 Å². The molecule has 0 aromatic heterocycles. The molecule has 1 heterocycles. The molecular weight excluding hydrogens is 479 g/mol. The van der Waals surface area contributed by atoms with Crippen LogP contribution in [-0.4, -0.2) is 74.1 Å². The Balaban J connectivity index is 1.95. The van der Waals surface area contributed by atoms with E-state index in [4.69, 9.17) is 14.2 Å². The number of rotatable bonds is 9. The number of methoxy groups -OCH3 is 3. The quantitative estimate of drug-likeness (QED) is 0.547. The van der Waals surface area contributed by atoms with Gasteiger partial charge in [-0.3, -0.25) is 4.79 Å². The first kappa shape index (κ1) is 27.9. The zero-order valence-corrected chi connectivity index (χ0v) is 22.2. The number of nitrogens with zero attached hydrogens (tertiary/aromatic N) is 3. The summed E-state index contributed by atoms with van der Waals surface area (Å²) in [5, 5.41) is 8.93. The van der Waals surface area contributed by atoms with Gasteiger partial charge in [0.25, 0.3) is 5.91 Å². The van der Waals surface area contributed by atoms with Crippen LogP contribution in [0.1, 0.15) is 44.4 Å². The van der Waals surface area contributed by atoms with Gasteiger partial charge in [0.2, 0.25) is 0 Å². The van der Waals surface area contributed by atoms with Crippen LogP contribution >= 0.6 is 0 Å². The molecule has 1 atom stereocenters. The predicted molar refractivity (Wildman–Crippen MR) is 138 cm³/mol. The fourth-order valence-electron chi connectivity index (χ4n) is 3.97. The van der Waals surface area contributed by atoms with Crippen LogP contribution in [-0.2, 0) is 9.53 Å². The Kier molecular flexibility index (Phi) is 9.09. The average Bonchev–Trinajstić information content (AvgIpc) is 3.30. The molecular formula is C27H35FN4O5. The van der Waals surface area contributed by atoms with Gasteiger partial charge in [0.1, 0.15) is 23.9 Å². The van der Waals surface area contributed by atoms with Crippen molar-refractivity contribution in [3.8, 4) is 11.5 Å². The lowest BCUT2D eigenvalue weighted by atomic mass is 9.97. The van der Waals surface area contributed by atoms with E-state index >= 15 is 0 Å². The molecule has 0 bridgehead atoms. The highest BCUT2D eigenvalue weighted by atomic mass is 19.1. The van der Waals surface area contributed by atoms with Gasteiger partial charge in [0.15, 0.2) is 0 Å². The topological polar surface area (TPSA) is 92.7 Å². The monoisotopic (exact) mass is 514 g/mol. The van der Waals surface area contributed by atoms with Crippen LogP contribution in [0.15, 0.2) is 47.6 Å². The van der Waals surface area contributed by atoms with Crippen LogP contribution < -0.4 is 14.8 Å². The molecule has 2 aromatic rings. The van der Waals surface area contributed by atoms with Crippen molar-refractivity contribution in [2.75, 3.05) is 41.0 Å². The summed E-state index contributed by atoms with van der Waals surface area (Å²) < 4.78 is 29.6. The maximum absolute atomic E-state index is 13.7. The number of halogens is 1. The molecule has 37 heavy (non-hydrogen) atoms. The maximum atomic E-state index is 13.7. The fourth-order valence-corrected chi connectivity index (χ4v) is 3.97. The molecule has 9 nitrogen and oxygen atoms in total. The van der Waals surface area contributed by atoms with Gasteiger partial charge in [-0.15, -0.1) is 0 Å². The lowest BCUT2D eigenvalue weighted by Gasteiger charge is -2.30. The molecule has 0 spiro atoms. The van der Waals surface area contributed by atoms with Gasteiger partial charge >= 0.3 is 6.03 Å². The lowest BCUT2D eigenvalue weighted by molar-refractivity contribution is -0.133. The Morgan fingerprint density at radius 3 is 2.41 bits per heavy atom. The first-order chi connectivity index (χ1) is 17.6. The largest absolute Gasteiger partial charge is 0.497 e. The minimum atomic E-state index is -0.482. The summed E-state index contributed by atoms with van der Waals surface area (Å²) in [6, 6.07) is 10.5. The van der Waals surface area contributed by atoms with E-state index in [1.807, 2.05) is 26.8 Å². The van der Waals surface area contributed by atoms with Gasteiger partial charge in [0.05, 0.1) is 32.6 Å². The first-order valence-corrected chi connectivity index (χ1v) is 12.0. The first-order valence-electron chi connectivity index (χ1n) is 12.0. The van der Waals surface area contributed by atoms with Crippen molar-refractivity contribution in [3.05, 3.63) is 59.4 Å². The number of benzene rings is 2. The molecule has 1 unspecified atom stereocenters. The van der Waals surface area contributed by atoms with Crippen LogP contribution in [0.3, 0.4) is 0 Å². The molecule has 0 aliphatic carbocycles. The lowest BCUT2D eigenvalue weighted by Crippen LogP contribution is -2.52. The molecule has 1 aliphatic rings. The summed E-state index contributed by atoms with van der Waals surface area (Å²) in [7, 11) is 4.65. The van der Waals surface area contributed by atoms with E-state index < -0.39 is 11.6 Å². The van der Waals surface area contributed by atoms with Crippen molar-refractivity contribution in [1.82, 2.24) is 15.2 Å². The van der Waals surface area contributed by atoms with Crippen molar-refractivity contribution < 1.29 is 28.2 Å². The number of amides is 3. The summed E-state index contributed by atoms with van der Waals surface area (Å²) in [5.74, 6) is 0.427. The second-order valence-corrected chi connectivity index (χ2v) is 9.72.